The van der Waals surface area contributed by atoms with Gasteiger partial charge in [-0.15, -0.1) is 0 Å². The van der Waals surface area contributed by atoms with E-state index in [1.54, 1.807) is 4.90 Å². The number of rotatable bonds is 7. The molecule has 1 fully saturated rings. The maximum Gasteiger partial charge on any atom is 0.243 e. The van der Waals surface area contributed by atoms with Gasteiger partial charge in [0.1, 0.15) is 11.9 Å². The van der Waals surface area contributed by atoms with Crippen molar-refractivity contribution in [2.75, 3.05) is 49.1 Å². The smallest absolute Gasteiger partial charge is 0.243 e. The van der Waals surface area contributed by atoms with Gasteiger partial charge in [0.05, 0.1) is 12.2 Å². The minimum atomic E-state index is -0.516. The largest absolute Gasteiger partial charge is 0.369 e. The van der Waals surface area contributed by atoms with Crippen LogP contribution in [0.5, 0.6) is 0 Å². The fourth-order valence-electron chi connectivity index (χ4n) is 4.52. The van der Waals surface area contributed by atoms with E-state index in [4.69, 9.17) is 11.6 Å². The maximum atomic E-state index is 13.0. The Kier molecular flexibility index (Phi) is 7.01. The summed E-state index contributed by atoms with van der Waals surface area (Å²) in [6.45, 7) is 9.48. The molecule has 0 radical (unpaired) electrons. The molecule has 3 heterocycles. The Morgan fingerprint density at radius 1 is 1.19 bits per heavy atom. The van der Waals surface area contributed by atoms with Crippen LogP contribution >= 0.6 is 11.6 Å². The molecule has 8 nitrogen and oxygen atoms in total. The van der Waals surface area contributed by atoms with Crippen molar-refractivity contribution in [3.05, 3.63) is 41.0 Å². The fourth-order valence-corrected chi connectivity index (χ4v) is 4.70. The number of halogens is 1. The normalized spacial score (nSPS) is 17.9. The molecule has 172 valence electrons. The van der Waals surface area contributed by atoms with Crippen molar-refractivity contribution >= 4 is 34.9 Å². The predicted molar refractivity (Wildman–Crippen MR) is 126 cm³/mol. The van der Waals surface area contributed by atoms with Gasteiger partial charge in [0.25, 0.3) is 0 Å². The molecule has 0 aliphatic carbocycles. The van der Waals surface area contributed by atoms with Crippen molar-refractivity contribution in [2.24, 2.45) is 0 Å². The third kappa shape index (κ3) is 4.91. The first-order valence-corrected chi connectivity index (χ1v) is 11.7. The summed E-state index contributed by atoms with van der Waals surface area (Å²) in [6, 6.07) is 9.31. The first-order valence-electron chi connectivity index (χ1n) is 11.3. The Morgan fingerprint density at radius 3 is 2.69 bits per heavy atom. The highest BCUT2D eigenvalue weighted by Crippen LogP contribution is 2.26. The molecule has 1 aromatic carbocycles. The SMILES string of the molecule is CCC(C(=O)NCCN1CCN(c2cccc(Cl)c2)CC1)N1C(=O)CCn2nc(C)cc21. The maximum absolute atomic E-state index is 13.0. The van der Waals surface area contributed by atoms with E-state index in [2.05, 4.69) is 26.3 Å². The van der Waals surface area contributed by atoms with Crippen molar-refractivity contribution in [3.8, 4) is 0 Å². The minimum absolute atomic E-state index is 0.0171. The van der Waals surface area contributed by atoms with Crippen molar-refractivity contribution in [1.82, 2.24) is 20.0 Å². The highest BCUT2D eigenvalue weighted by molar-refractivity contribution is 6.30. The van der Waals surface area contributed by atoms with Gasteiger partial charge in [0.2, 0.25) is 11.8 Å². The van der Waals surface area contributed by atoms with Gasteiger partial charge in [0.15, 0.2) is 0 Å². The van der Waals surface area contributed by atoms with E-state index in [9.17, 15) is 9.59 Å². The number of carbonyl (C=O) groups is 2. The molecular formula is C23H31ClN6O2. The molecule has 0 spiro atoms. The molecule has 9 heteroatoms. The molecule has 2 aliphatic rings. The lowest BCUT2D eigenvalue weighted by atomic mass is 10.1. The molecule has 1 atom stereocenters. The number of aromatic nitrogens is 2. The van der Waals surface area contributed by atoms with Crippen molar-refractivity contribution in [1.29, 1.82) is 0 Å². The van der Waals surface area contributed by atoms with Crippen LogP contribution in [0.4, 0.5) is 11.5 Å². The molecule has 1 unspecified atom stereocenters. The van der Waals surface area contributed by atoms with E-state index < -0.39 is 6.04 Å². The quantitative estimate of drug-likeness (QED) is 0.689. The van der Waals surface area contributed by atoms with Crippen LogP contribution in [-0.4, -0.2) is 71.8 Å². The summed E-state index contributed by atoms with van der Waals surface area (Å²) < 4.78 is 1.83. The summed E-state index contributed by atoms with van der Waals surface area (Å²) in [5, 5.41) is 8.25. The standard InChI is InChI=1S/C23H31ClN6O2/c1-3-20(30-21-15-17(2)26-29(21)9-7-22(30)31)23(32)25-8-10-27-11-13-28(14-12-27)19-6-4-5-18(24)16-19/h4-6,15-16,20H,3,7-14H2,1-2H3,(H,25,32). The molecular weight excluding hydrogens is 428 g/mol. The van der Waals surface area contributed by atoms with Crippen LogP contribution in [0.2, 0.25) is 5.02 Å². The van der Waals surface area contributed by atoms with E-state index >= 15 is 0 Å². The lowest BCUT2D eigenvalue weighted by molar-refractivity contribution is -0.127. The second-order valence-electron chi connectivity index (χ2n) is 8.40. The second kappa shape index (κ2) is 9.92. The third-order valence-electron chi connectivity index (χ3n) is 6.21. The zero-order chi connectivity index (χ0) is 22.7. The summed E-state index contributed by atoms with van der Waals surface area (Å²) in [4.78, 5) is 31.9. The molecule has 1 saturated heterocycles. The number of fused-ring (bicyclic) bond motifs is 1. The zero-order valence-corrected chi connectivity index (χ0v) is 19.5. The van der Waals surface area contributed by atoms with Gasteiger partial charge < -0.3 is 10.2 Å². The topological polar surface area (TPSA) is 73.7 Å². The number of carbonyl (C=O) groups excluding carboxylic acids is 2. The van der Waals surface area contributed by atoms with E-state index in [1.807, 2.05) is 42.8 Å². The molecule has 0 bridgehead atoms. The van der Waals surface area contributed by atoms with Crippen molar-refractivity contribution < 1.29 is 9.59 Å². The van der Waals surface area contributed by atoms with Gasteiger partial charge in [-0.05, 0) is 31.5 Å². The highest BCUT2D eigenvalue weighted by Gasteiger charge is 2.34. The van der Waals surface area contributed by atoms with Crippen LogP contribution in [0.15, 0.2) is 30.3 Å². The number of amides is 2. The highest BCUT2D eigenvalue weighted by atomic mass is 35.5. The summed E-state index contributed by atoms with van der Waals surface area (Å²) in [7, 11) is 0. The van der Waals surface area contributed by atoms with Crippen molar-refractivity contribution in [3.63, 3.8) is 0 Å². The van der Waals surface area contributed by atoms with Crippen LogP contribution in [0, 0.1) is 6.92 Å². The number of hydrogen-bond donors (Lipinski definition) is 1. The van der Waals surface area contributed by atoms with E-state index in [0.29, 0.717) is 25.9 Å². The molecule has 1 N–H and O–H groups in total. The Labute approximate surface area is 194 Å². The Hall–Kier alpha value is -2.58. The minimum Gasteiger partial charge on any atom is -0.369 e. The summed E-state index contributed by atoms with van der Waals surface area (Å²) >= 11 is 6.12. The Bertz CT molecular complexity index is 969. The number of piperazine rings is 1. The third-order valence-corrected chi connectivity index (χ3v) is 6.44. The van der Waals surface area contributed by atoms with Gasteiger partial charge in [0, 0.05) is 62.5 Å². The van der Waals surface area contributed by atoms with Crippen molar-refractivity contribution in [2.45, 2.75) is 39.3 Å². The first-order chi connectivity index (χ1) is 15.5. The van der Waals surface area contributed by atoms with E-state index in [-0.39, 0.29) is 11.8 Å². The molecule has 4 rings (SSSR count). The van der Waals surface area contributed by atoms with Gasteiger partial charge in [-0.2, -0.15) is 5.10 Å². The monoisotopic (exact) mass is 458 g/mol. The van der Waals surface area contributed by atoms with Crippen LogP contribution in [0.3, 0.4) is 0 Å². The Balaban J connectivity index is 1.28. The predicted octanol–water partition coefficient (Wildman–Crippen LogP) is 2.30. The number of nitrogens with one attached hydrogen (secondary N) is 1. The van der Waals surface area contributed by atoms with Gasteiger partial charge >= 0.3 is 0 Å². The van der Waals surface area contributed by atoms with Gasteiger partial charge in [-0.25, -0.2) is 4.68 Å². The number of nitrogens with zero attached hydrogens (tertiary/aromatic N) is 5. The second-order valence-corrected chi connectivity index (χ2v) is 8.84. The molecule has 2 aliphatic heterocycles. The van der Waals surface area contributed by atoms with Crippen LogP contribution in [0.1, 0.15) is 25.5 Å². The lowest BCUT2D eigenvalue weighted by Crippen LogP contribution is -2.53. The average molecular weight is 459 g/mol. The summed E-state index contributed by atoms with van der Waals surface area (Å²) in [6.07, 6.45) is 0.926. The summed E-state index contributed by atoms with van der Waals surface area (Å²) in [5.74, 6) is 0.597. The fraction of sp³-hybridized carbons (Fsp3) is 0.522. The number of benzene rings is 1. The van der Waals surface area contributed by atoms with Crippen LogP contribution < -0.4 is 15.1 Å². The lowest BCUT2D eigenvalue weighted by Gasteiger charge is -2.36. The molecule has 0 saturated carbocycles. The molecule has 1 aromatic heterocycles. The van der Waals surface area contributed by atoms with E-state index in [1.165, 1.54) is 0 Å². The Morgan fingerprint density at radius 2 is 1.97 bits per heavy atom. The average Bonchev–Trinajstić information content (AvgIpc) is 3.16. The molecule has 2 aromatic rings. The van der Waals surface area contributed by atoms with Gasteiger partial charge in [-0.1, -0.05) is 24.6 Å². The summed E-state index contributed by atoms with van der Waals surface area (Å²) in [5.41, 5.74) is 2.00. The molecule has 2 amide bonds. The van der Waals surface area contributed by atoms with E-state index in [0.717, 1.165) is 54.9 Å². The van der Waals surface area contributed by atoms with Crippen LogP contribution in [-0.2, 0) is 16.1 Å². The first kappa shape index (κ1) is 22.6. The van der Waals surface area contributed by atoms with Gasteiger partial charge in [-0.3, -0.25) is 19.4 Å². The molecule has 32 heavy (non-hydrogen) atoms. The number of aryl methyl sites for hydroxylation is 2. The number of hydrogen-bond acceptors (Lipinski definition) is 5. The number of anilines is 2. The van der Waals surface area contributed by atoms with Crippen LogP contribution in [0.25, 0.3) is 0 Å². The zero-order valence-electron chi connectivity index (χ0n) is 18.8.